The molecule has 1 aliphatic heterocycles. The molecule has 0 bridgehead atoms. The van der Waals surface area contributed by atoms with Crippen molar-refractivity contribution in [3.05, 3.63) is 53.6 Å². The maximum atomic E-state index is 10.2. The van der Waals surface area contributed by atoms with Crippen LogP contribution in [0.15, 0.2) is 42.5 Å². The van der Waals surface area contributed by atoms with Crippen LogP contribution < -0.4 is 19.5 Å². The van der Waals surface area contributed by atoms with E-state index < -0.39 is 6.10 Å². The Hall–Kier alpha value is -2.24. The fourth-order valence-corrected chi connectivity index (χ4v) is 2.42. The first-order valence-electron chi connectivity index (χ1n) is 7.18. The SMILES string of the molecule is COc1ccc([C@H](O)CNCc2cccc3c2OCO3)cc1. The summed E-state index contributed by atoms with van der Waals surface area (Å²) >= 11 is 0. The fraction of sp³-hybridized carbons (Fsp3) is 0.294. The maximum absolute atomic E-state index is 10.2. The van der Waals surface area contributed by atoms with E-state index in [4.69, 9.17) is 14.2 Å². The first kappa shape index (κ1) is 14.7. The minimum Gasteiger partial charge on any atom is -0.497 e. The average molecular weight is 301 g/mol. The Morgan fingerprint density at radius 3 is 2.77 bits per heavy atom. The van der Waals surface area contributed by atoms with Gasteiger partial charge in [0.05, 0.1) is 13.2 Å². The summed E-state index contributed by atoms with van der Waals surface area (Å²) in [7, 11) is 1.62. The fourth-order valence-electron chi connectivity index (χ4n) is 2.42. The summed E-state index contributed by atoms with van der Waals surface area (Å²) in [6.45, 7) is 1.33. The van der Waals surface area contributed by atoms with Crippen molar-refractivity contribution in [2.24, 2.45) is 0 Å². The molecule has 0 spiro atoms. The molecule has 0 unspecified atom stereocenters. The molecule has 0 saturated carbocycles. The second-order valence-corrected chi connectivity index (χ2v) is 5.07. The van der Waals surface area contributed by atoms with Gasteiger partial charge in [0.2, 0.25) is 6.79 Å². The molecule has 1 heterocycles. The summed E-state index contributed by atoms with van der Waals surface area (Å²) < 4.78 is 15.9. The quantitative estimate of drug-likeness (QED) is 0.857. The van der Waals surface area contributed by atoms with Crippen molar-refractivity contribution < 1.29 is 19.3 Å². The van der Waals surface area contributed by atoms with Crippen LogP contribution >= 0.6 is 0 Å². The van der Waals surface area contributed by atoms with Crippen LogP contribution in [0.1, 0.15) is 17.2 Å². The van der Waals surface area contributed by atoms with Gasteiger partial charge in [-0.05, 0) is 23.8 Å². The van der Waals surface area contributed by atoms with Gasteiger partial charge in [-0.2, -0.15) is 0 Å². The van der Waals surface area contributed by atoms with E-state index in [0.29, 0.717) is 13.1 Å². The number of para-hydroxylation sites is 1. The van der Waals surface area contributed by atoms with Crippen LogP contribution in [-0.4, -0.2) is 25.6 Å². The van der Waals surface area contributed by atoms with Crippen molar-refractivity contribution >= 4 is 0 Å². The summed E-state index contributed by atoms with van der Waals surface area (Å²) in [4.78, 5) is 0. The monoisotopic (exact) mass is 301 g/mol. The summed E-state index contributed by atoms with van der Waals surface area (Å²) in [5.74, 6) is 2.34. The molecule has 2 aromatic rings. The summed E-state index contributed by atoms with van der Waals surface area (Å²) in [5, 5.41) is 13.4. The summed E-state index contributed by atoms with van der Waals surface area (Å²) in [6.07, 6.45) is -0.570. The molecule has 22 heavy (non-hydrogen) atoms. The molecule has 2 aromatic carbocycles. The average Bonchev–Trinajstić information content (AvgIpc) is 3.04. The molecule has 0 saturated heterocycles. The number of methoxy groups -OCH3 is 1. The highest BCUT2D eigenvalue weighted by molar-refractivity contribution is 5.48. The van der Waals surface area contributed by atoms with Gasteiger partial charge in [-0.1, -0.05) is 24.3 Å². The Kier molecular flexibility index (Phi) is 4.46. The van der Waals surface area contributed by atoms with Crippen molar-refractivity contribution in [1.82, 2.24) is 5.32 Å². The second kappa shape index (κ2) is 6.68. The van der Waals surface area contributed by atoms with Gasteiger partial charge in [0, 0.05) is 18.7 Å². The van der Waals surface area contributed by atoms with E-state index in [9.17, 15) is 5.11 Å². The standard InChI is InChI=1S/C17H19NO4/c1-20-14-7-5-12(6-8-14)15(19)10-18-9-13-3-2-4-16-17(13)22-11-21-16/h2-8,15,18-19H,9-11H2,1H3/t15-/m1/s1. The third-order valence-corrected chi connectivity index (χ3v) is 3.63. The van der Waals surface area contributed by atoms with Crippen molar-refractivity contribution in [1.29, 1.82) is 0 Å². The number of hydrogen-bond acceptors (Lipinski definition) is 5. The minimum atomic E-state index is -0.570. The van der Waals surface area contributed by atoms with Crippen molar-refractivity contribution in [3.63, 3.8) is 0 Å². The number of ether oxygens (including phenoxy) is 3. The van der Waals surface area contributed by atoms with E-state index >= 15 is 0 Å². The largest absolute Gasteiger partial charge is 0.497 e. The van der Waals surface area contributed by atoms with Crippen molar-refractivity contribution in [3.8, 4) is 17.2 Å². The predicted octanol–water partition coefficient (Wildman–Crippen LogP) is 2.25. The lowest BCUT2D eigenvalue weighted by atomic mass is 10.1. The summed E-state index contributed by atoms with van der Waals surface area (Å²) in [6, 6.07) is 13.2. The van der Waals surface area contributed by atoms with Gasteiger partial charge in [0.25, 0.3) is 0 Å². The van der Waals surface area contributed by atoms with Gasteiger partial charge in [-0.25, -0.2) is 0 Å². The molecule has 0 fully saturated rings. The molecule has 5 nitrogen and oxygen atoms in total. The number of aliphatic hydroxyl groups is 1. The van der Waals surface area contributed by atoms with Crippen LogP contribution in [0.4, 0.5) is 0 Å². The molecule has 0 aliphatic carbocycles. The van der Waals surface area contributed by atoms with Crippen LogP contribution in [0.2, 0.25) is 0 Å². The van der Waals surface area contributed by atoms with Gasteiger partial charge in [-0.3, -0.25) is 0 Å². The number of nitrogens with one attached hydrogen (secondary N) is 1. The first-order chi connectivity index (χ1) is 10.8. The van der Waals surface area contributed by atoms with Crippen molar-refractivity contribution in [2.75, 3.05) is 20.4 Å². The zero-order valence-electron chi connectivity index (χ0n) is 12.4. The minimum absolute atomic E-state index is 0.265. The molecule has 5 heteroatoms. The van der Waals surface area contributed by atoms with Gasteiger partial charge in [0.1, 0.15) is 5.75 Å². The van der Waals surface area contributed by atoms with Crippen LogP contribution in [0.5, 0.6) is 17.2 Å². The lowest BCUT2D eigenvalue weighted by molar-refractivity contribution is 0.170. The third kappa shape index (κ3) is 3.16. The Bertz CT molecular complexity index is 627. The van der Waals surface area contributed by atoms with E-state index in [2.05, 4.69) is 5.32 Å². The summed E-state index contributed by atoms with van der Waals surface area (Å²) in [5.41, 5.74) is 1.88. The zero-order chi connectivity index (χ0) is 15.4. The van der Waals surface area contributed by atoms with Gasteiger partial charge in [-0.15, -0.1) is 0 Å². The van der Waals surface area contributed by atoms with E-state index in [0.717, 1.165) is 28.4 Å². The van der Waals surface area contributed by atoms with E-state index in [1.807, 2.05) is 42.5 Å². The Morgan fingerprint density at radius 1 is 1.18 bits per heavy atom. The number of fused-ring (bicyclic) bond motifs is 1. The predicted molar refractivity (Wildman–Crippen MR) is 82.2 cm³/mol. The lowest BCUT2D eigenvalue weighted by Crippen LogP contribution is -2.21. The van der Waals surface area contributed by atoms with Crippen molar-refractivity contribution in [2.45, 2.75) is 12.6 Å². The van der Waals surface area contributed by atoms with Crippen LogP contribution in [0, 0.1) is 0 Å². The van der Waals surface area contributed by atoms with Gasteiger partial charge in [0.15, 0.2) is 11.5 Å². The molecular formula is C17H19NO4. The van der Waals surface area contributed by atoms with Crippen LogP contribution in [0.3, 0.4) is 0 Å². The topological polar surface area (TPSA) is 60.0 Å². The second-order valence-electron chi connectivity index (χ2n) is 5.07. The maximum Gasteiger partial charge on any atom is 0.231 e. The van der Waals surface area contributed by atoms with E-state index in [-0.39, 0.29) is 6.79 Å². The van der Waals surface area contributed by atoms with Gasteiger partial charge >= 0.3 is 0 Å². The number of hydrogen-bond donors (Lipinski definition) is 2. The van der Waals surface area contributed by atoms with Crippen LogP contribution in [-0.2, 0) is 6.54 Å². The number of aliphatic hydroxyl groups excluding tert-OH is 1. The Morgan fingerprint density at radius 2 is 2.00 bits per heavy atom. The Balaban J connectivity index is 1.55. The van der Waals surface area contributed by atoms with E-state index in [1.54, 1.807) is 7.11 Å². The highest BCUT2D eigenvalue weighted by Gasteiger charge is 2.17. The van der Waals surface area contributed by atoms with Crippen LogP contribution in [0.25, 0.3) is 0 Å². The number of benzene rings is 2. The molecule has 0 amide bonds. The highest BCUT2D eigenvalue weighted by atomic mass is 16.7. The zero-order valence-corrected chi connectivity index (χ0v) is 12.4. The normalized spacial score (nSPS) is 13.9. The first-order valence-corrected chi connectivity index (χ1v) is 7.18. The molecule has 1 aliphatic rings. The molecule has 116 valence electrons. The smallest absolute Gasteiger partial charge is 0.231 e. The third-order valence-electron chi connectivity index (χ3n) is 3.63. The molecule has 2 N–H and O–H groups in total. The Labute approximate surface area is 129 Å². The molecule has 0 aromatic heterocycles. The molecule has 3 rings (SSSR count). The van der Waals surface area contributed by atoms with Gasteiger partial charge < -0.3 is 24.6 Å². The molecule has 1 atom stereocenters. The lowest BCUT2D eigenvalue weighted by Gasteiger charge is -2.13. The highest BCUT2D eigenvalue weighted by Crippen LogP contribution is 2.35. The molecule has 0 radical (unpaired) electrons. The number of rotatable bonds is 6. The van der Waals surface area contributed by atoms with E-state index in [1.165, 1.54) is 0 Å². The molecular weight excluding hydrogens is 282 g/mol.